The first-order valence-electron chi connectivity index (χ1n) is 5.73. The molecule has 0 saturated heterocycles. The van der Waals surface area contributed by atoms with Gasteiger partial charge in [-0.3, -0.25) is 4.79 Å². The van der Waals surface area contributed by atoms with E-state index in [1.54, 1.807) is 24.0 Å². The van der Waals surface area contributed by atoms with Gasteiger partial charge in [0.15, 0.2) is 0 Å². The maximum atomic E-state index is 11.7. The standard InChI is InChI=1S/C12H19N3OS/c1-3-15(4-2)12(16)9-17-8-10-5-6-11(13)14-7-10/h5-7H,3-4,8-9H2,1-2H3,(H2,13,14). The molecule has 1 heterocycles. The number of hydrogen-bond acceptors (Lipinski definition) is 4. The van der Waals surface area contributed by atoms with Gasteiger partial charge in [0.25, 0.3) is 0 Å². The topological polar surface area (TPSA) is 59.2 Å². The number of nitrogen functional groups attached to an aromatic ring is 1. The minimum atomic E-state index is 0.198. The fourth-order valence-electron chi connectivity index (χ4n) is 1.45. The van der Waals surface area contributed by atoms with E-state index in [0.717, 1.165) is 24.4 Å². The summed E-state index contributed by atoms with van der Waals surface area (Å²) in [5.74, 6) is 2.04. The molecule has 17 heavy (non-hydrogen) atoms. The van der Waals surface area contributed by atoms with E-state index in [4.69, 9.17) is 5.73 Å². The molecule has 0 unspecified atom stereocenters. The van der Waals surface area contributed by atoms with Crippen molar-refractivity contribution in [2.75, 3.05) is 24.6 Å². The predicted molar refractivity (Wildman–Crippen MR) is 72.7 cm³/mol. The van der Waals surface area contributed by atoms with Crippen LogP contribution in [0.4, 0.5) is 5.82 Å². The number of carbonyl (C=O) groups excluding carboxylic acids is 1. The van der Waals surface area contributed by atoms with Crippen LogP contribution in [0.2, 0.25) is 0 Å². The van der Waals surface area contributed by atoms with E-state index in [-0.39, 0.29) is 5.91 Å². The maximum Gasteiger partial charge on any atom is 0.232 e. The van der Waals surface area contributed by atoms with Crippen molar-refractivity contribution in [2.45, 2.75) is 19.6 Å². The van der Waals surface area contributed by atoms with E-state index < -0.39 is 0 Å². The zero-order chi connectivity index (χ0) is 12.7. The zero-order valence-electron chi connectivity index (χ0n) is 10.3. The number of anilines is 1. The van der Waals surface area contributed by atoms with Crippen LogP contribution in [-0.4, -0.2) is 34.6 Å². The van der Waals surface area contributed by atoms with Crippen molar-refractivity contribution < 1.29 is 4.79 Å². The molecule has 0 radical (unpaired) electrons. The van der Waals surface area contributed by atoms with Gasteiger partial charge >= 0.3 is 0 Å². The third-order valence-electron chi connectivity index (χ3n) is 2.46. The minimum Gasteiger partial charge on any atom is -0.384 e. The van der Waals surface area contributed by atoms with Crippen LogP contribution in [0.1, 0.15) is 19.4 Å². The molecule has 94 valence electrons. The molecule has 1 aromatic heterocycles. The number of hydrogen-bond donors (Lipinski definition) is 1. The second kappa shape index (κ2) is 7.17. The molecule has 1 aromatic rings. The fourth-order valence-corrected chi connectivity index (χ4v) is 2.31. The smallest absolute Gasteiger partial charge is 0.232 e. The average Bonchev–Trinajstić information content (AvgIpc) is 2.33. The molecular formula is C12H19N3OS. The summed E-state index contributed by atoms with van der Waals surface area (Å²) in [6.45, 7) is 5.55. The Morgan fingerprint density at radius 2 is 2.12 bits per heavy atom. The molecule has 0 bridgehead atoms. The van der Waals surface area contributed by atoms with Gasteiger partial charge in [0, 0.05) is 25.0 Å². The van der Waals surface area contributed by atoms with Gasteiger partial charge in [-0.05, 0) is 25.5 Å². The van der Waals surface area contributed by atoms with Crippen molar-refractivity contribution in [1.29, 1.82) is 0 Å². The van der Waals surface area contributed by atoms with Gasteiger partial charge < -0.3 is 10.6 Å². The molecule has 2 N–H and O–H groups in total. The van der Waals surface area contributed by atoms with Gasteiger partial charge in [-0.1, -0.05) is 6.07 Å². The lowest BCUT2D eigenvalue weighted by molar-refractivity contribution is -0.127. The van der Waals surface area contributed by atoms with Crippen molar-refractivity contribution in [3.8, 4) is 0 Å². The van der Waals surface area contributed by atoms with Crippen LogP contribution >= 0.6 is 11.8 Å². The van der Waals surface area contributed by atoms with E-state index >= 15 is 0 Å². The van der Waals surface area contributed by atoms with E-state index in [1.807, 2.05) is 24.8 Å². The van der Waals surface area contributed by atoms with Crippen molar-refractivity contribution >= 4 is 23.5 Å². The quantitative estimate of drug-likeness (QED) is 0.839. The van der Waals surface area contributed by atoms with Gasteiger partial charge in [-0.25, -0.2) is 4.98 Å². The van der Waals surface area contributed by atoms with Gasteiger partial charge in [0.2, 0.25) is 5.91 Å². The van der Waals surface area contributed by atoms with Crippen LogP contribution in [0.25, 0.3) is 0 Å². The Morgan fingerprint density at radius 3 is 2.65 bits per heavy atom. The normalized spacial score (nSPS) is 10.2. The molecule has 4 nitrogen and oxygen atoms in total. The largest absolute Gasteiger partial charge is 0.384 e. The lowest BCUT2D eigenvalue weighted by Crippen LogP contribution is -2.31. The van der Waals surface area contributed by atoms with E-state index in [1.165, 1.54) is 0 Å². The van der Waals surface area contributed by atoms with Gasteiger partial charge in [0.05, 0.1) is 5.75 Å². The Labute approximate surface area is 107 Å². The minimum absolute atomic E-state index is 0.198. The third-order valence-corrected chi connectivity index (χ3v) is 3.45. The molecule has 0 atom stereocenters. The summed E-state index contributed by atoms with van der Waals surface area (Å²) < 4.78 is 0. The molecule has 0 aliphatic carbocycles. The molecule has 1 rings (SSSR count). The number of thioether (sulfide) groups is 1. The van der Waals surface area contributed by atoms with Crippen LogP contribution in [0.5, 0.6) is 0 Å². The molecule has 0 spiro atoms. The third kappa shape index (κ3) is 4.65. The van der Waals surface area contributed by atoms with Crippen LogP contribution in [-0.2, 0) is 10.5 Å². The number of rotatable bonds is 6. The molecule has 0 saturated carbocycles. The van der Waals surface area contributed by atoms with Crippen LogP contribution < -0.4 is 5.73 Å². The van der Waals surface area contributed by atoms with Crippen LogP contribution in [0.15, 0.2) is 18.3 Å². The first-order chi connectivity index (χ1) is 8.17. The van der Waals surface area contributed by atoms with Crippen LogP contribution in [0.3, 0.4) is 0 Å². The zero-order valence-corrected chi connectivity index (χ0v) is 11.2. The number of aromatic nitrogens is 1. The molecule has 1 amide bonds. The van der Waals surface area contributed by atoms with Crippen molar-refractivity contribution in [3.05, 3.63) is 23.9 Å². The first kappa shape index (κ1) is 13.8. The molecule has 0 aliphatic heterocycles. The summed E-state index contributed by atoms with van der Waals surface area (Å²) in [7, 11) is 0. The van der Waals surface area contributed by atoms with Crippen molar-refractivity contribution in [2.24, 2.45) is 0 Å². The SMILES string of the molecule is CCN(CC)C(=O)CSCc1ccc(N)nc1. The van der Waals surface area contributed by atoms with Crippen LogP contribution in [0, 0.1) is 0 Å². The summed E-state index contributed by atoms with van der Waals surface area (Å²) >= 11 is 1.61. The average molecular weight is 253 g/mol. The first-order valence-corrected chi connectivity index (χ1v) is 6.88. The molecule has 0 aromatic carbocycles. The van der Waals surface area contributed by atoms with Gasteiger partial charge in [0.1, 0.15) is 5.82 Å². The fraction of sp³-hybridized carbons (Fsp3) is 0.500. The number of pyridine rings is 1. The second-order valence-corrected chi connectivity index (χ2v) is 4.64. The number of carbonyl (C=O) groups is 1. The summed E-state index contributed by atoms with van der Waals surface area (Å²) in [4.78, 5) is 17.6. The maximum absolute atomic E-state index is 11.7. The van der Waals surface area contributed by atoms with E-state index in [9.17, 15) is 4.79 Å². The van der Waals surface area contributed by atoms with Gasteiger partial charge in [-0.2, -0.15) is 0 Å². The van der Waals surface area contributed by atoms with Crippen molar-refractivity contribution in [3.63, 3.8) is 0 Å². The number of nitrogens with zero attached hydrogens (tertiary/aromatic N) is 2. The van der Waals surface area contributed by atoms with Crippen molar-refractivity contribution in [1.82, 2.24) is 9.88 Å². The predicted octanol–water partition coefficient (Wildman–Crippen LogP) is 1.77. The summed E-state index contributed by atoms with van der Waals surface area (Å²) in [5, 5.41) is 0. The highest BCUT2D eigenvalue weighted by molar-refractivity contribution is 7.99. The van der Waals surface area contributed by atoms with E-state index in [2.05, 4.69) is 4.98 Å². The Hall–Kier alpha value is -1.23. The highest BCUT2D eigenvalue weighted by Gasteiger charge is 2.08. The summed E-state index contributed by atoms with van der Waals surface area (Å²) in [5.41, 5.74) is 6.59. The lowest BCUT2D eigenvalue weighted by atomic mass is 10.3. The Bertz CT molecular complexity index is 349. The monoisotopic (exact) mass is 253 g/mol. The Balaban J connectivity index is 2.32. The Morgan fingerprint density at radius 1 is 1.41 bits per heavy atom. The molecular weight excluding hydrogens is 234 g/mol. The summed E-state index contributed by atoms with van der Waals surface area (Å²) in [6.07, 6.45) is 1.75. The number of amides is 1. The summed E-state index contributed by atoms with van der Waals surface area (Å²) in [6, 6.07) is 3.72. The highest BCUT2D eigenvalue weighted by atomic mass is 32.2. The lowest BCUT2D eigenvalue weighted by Gasteiger charge is -2.18. The molecule has 0 aliphatic rings. The number of nitrogens with two attached hydrogens (primary N) is 1. The van der Waals surface area contributed by atoms with E-state index in [0.29, 0.717) is 11.6 Å². The molecule has 5 heteroatoms. The molecule has 0 fully saturated rings. The van der Waals surface area contributed by atoms with Gasteiger partial charge in [-0.15, -0.1) is 11.8 Å². The Kier molecular flexibility index (Phi) is 5.83. The second-order valence-electron chi connectivity index (χ2n) is 3.65. The highest BCUT2D eigenvalue weighted by Crippen LogP contribution is 2.12.